The molecule has 0 atom stereocenters. The Morgan fingerprint density at radius 1 is 1.20 bits per heavy atom. The van der Waals surface area contributed by atoms with Crippen molar-refractivity contribution in [3.8, 4) is 0 Å². The lowest BCUT2D eigenvalue weighted by Crippen LogP contribution is -1.78. The van der Waals surface area contributed by atoms with E-state index in [0.29, 0.717) is 0 Å². The number of rotatable bonds is 5. The first-order valence-corrected chi connectivity index (χ1v) is 6.09. The van der Waals surface area contributed by atoms with Crippen LogP contribution in [0.2, 0.25) is 5.02 Å². The third kappa shape index (κ3) is 5.25. The zero-order chi connectivity index (χ0) is 11.1. The van der Waals surface area contributed by atoms with Gasteiger partial charge in [-0.1, -0.05) is 55.1 Å². The molecular weight excluding hydrogens is 227 g/mol. The van der Waals surface area contributed by atoms with Gasteiger partial charge in [0.1, 0.15) is 0 Å². The number of unbranched alkanes of at least 4 members (excludes halogenated alkanes) is 2. The Labute approximate surface area is 102 Å². The summed E-state index contributed by atoms with van der Waals surface area (Å²) < 4.78 is 0. The third-order valence-electron chi connectivity index (χ3n) is 2.21. The summed E-state index contributed by atoms with van der Waals surface area (Å²) in [6, 6.07) is 7.71. The van der Waals surface area contributed by atoms with Crippen LogP contribution in [-0.2, 0) is 0 Å². The molecular formula is C13H16Cl2. The summed E-state index contributed by atoms with van der Waals surface area (Å²) >= 11 is 11.9. The Hall–Kier alpha value is -0.460. The van der Waals surface area contributed by atoms with Crippen LogP contribution in [0, 0.1) is 0 Å². The normalized spacial score (nSPS) is 11.8. The minimum atomic E-state index is 0.759. The van der Waals surface area contributed by atoms with Gasteiger partial charge in [-0.15, -0.1) is 0 Å². The van der Waals surface area contributed by atoms with Crippen molar-refractivity contribution in [1.82, 2.24) is 0 Å². The van der Waals surface area contributed by atoms with Crippen molar-refractivity contribution in [3.63, 3.8) is 0 Å². The number of allylic oxidation sites excluding steroid dienone is 1. The molecule has 1 aromatic carbocycles. The molecule has 0 heterocycles. The van der Waals surface area contributed by atoms with E-state index in [1.807, 2.05) is 30.3 Å². The summed E-state index contributed by atoms with van der Waals surface area (Å²) in [5, 5.41) is 1.68. The fourth-order valence-electron chi connectivity index (χ4n) is 1.36. The molecule has 82 valence electrons. The first-order valence-electron chi connectivity index (χ1n) is 5.34. The highest BCUT2D eigenvalue weighted by Gasteiger charge is 1.94. The molecule has 0 unspecified atom stereocenters. The Morgan fingerprint density at radius 2 is 1.87 bits per heavy atom. The van der Waals surface area contributed by atoms with Crippen LogP contribution in [0.3, 0.4) is 0 Å². The summed E-state index contributed by atoms with van der Waals surface area (Å²) in [5.41, 5.74) is 1.11. The van der Waals surface area contributed by atoms with Crippen molar-refractivity contribution in [2.45, 2.75) is 32.6 Å². The first-order chi connectivity index (χ1) is 7.22. The van der Waals surface area contributed by atoms with Gasteiger partial charge in [-0.05, 0) is 36.6 Å². The van der Waals surface area contributed by atoms with Crippen molar-refractivity contribution in [2.24, 2.45) is 0 Å². The van der Waals surface area contributed by atoms with Gasteiger partial charge in [0.05, 0.1) is 0 Å². The van der Waals surface area contributed by atoms with Gasteiger partial charge in [0, 0.05) is 10.1 Å². The highest BCUT2D eigenvalue weighted by Crippen LogP contribution is 2.18. The monoisotopic (exact) mass is 242 g/mol. The van der Waals surface area contributed by atoms with Crippen molar-refractivity contribution in [3.05, 3.63) is 39.9 Å². The lowest BCUT2D eigenvalue weighted by Gasteiger charge is -1.99. The standard InChI is InChI=1S/C13H16Cl2/c1-2-3-4-5-13(15)10-11-6-8-12(14)9-7-11/h6-10H,2-5H2,1H3/b13-10-. The van der Waals surface area contributed by atoms with Crippen molar-refractivity contribution >= 4 is 29.3 Å². The second-order valence-electron chi connectivity index (χ2n) is 3.60. The average molecular weight is 243 g/mol. The molecule has 0 aliphatic rings. The maximum Gasteiger partial charge on any atom is 0.0406 e. The van der Waals surface area contributed by atoms with E-state index in [0.717, 1.165) is 22.0 Å². The Bertz CT molecular complexity index is 312. The van der Waals surface area contributed by atoms with Crippen molar-refractivity contribution < 1.29 is 0 Å². The minimum Gasteiger partial charge on any atom is -0.0891 e. The quantitative estimate of drug-likeness (QED) is 0.599. The maximum atomic E-state index is 6.12. The molecule has 0 amide bonds. The van der Waals surface area contributed by atoms with Crippen LogP contribution in [0.5, 0.6) is 0 Å². The predicted octanol–water partition coefficient (Wildman–Crippen LogP) is 5.50. The molecule has 0 aliphatic carbocycles. The Kier molecular flexibility index (Phi) is 5.82. The highest BCUT2D eigenvalue weighted by atomic mass is 35.5. The second-order valence-corrected chi connectivity index (χ2v) is 4.52. The van der Waals surface area contributed by atoms with Gasteiger partial charge in [-0.25, -0.2) is 0 Å². The molecule has 15 heavy (non-hydrogen) atoms. The van der Waals surface area contributed by atoms with Crippen LogP contribution in [0.15, 0.2) is 29.3 Å². The number of hydrogen-bond donors (Lipinski definition) is 0. The van der Waals surface area contributed by atoms with E-state index in [-0.39, 0.29) is 0 Å². The fraction of sp³-hybridized carbons (Fsp3) is 0.385. The van der Waals surface area contributed by atoms with E-state index in [1.54, 1.807) is 0 Å². The SMILES string of the molecule is CCCCC/C(Cl)=C/c1ccc(Cl)cc1. The summed E-state index contributed by atoms with van der Waals surface area (Å²) in [6.07, 6.45) is 6.61. The lowest BCUT2D eigenvalue weighted by molar-refractivity contribution is 0.726. The van der Waals surface area contributed by atoms with Crippen LogP contribution >= 0.6 is 23.2 Å². The van der Waals surface area contributed by atoms with E-state index in [9.17, 15) is 0 Å². The van der Waals surface area contributed by atoms with Crippen LogP contribution in [-0.4, -0.2) is 0 Å². The van der Waals surface area contributed by atoms with Crippen LogP contribution in [0.25, 0.3) is 6.08 Å². The largest absolute Gasteiger partial charge is 0.0891 e. The molecule has 0 spiro atoms. The zero-order valence-electron chi connectivity index (χ0n) is 8.97. The molecule has 2 heteroatoms. The Balaban J connectivity index is 2.50. The summed E-state index contributed by atoms with van der Waals surface area (Å²) in [5.74, 6) is 0. The van der Waals surface area contributed by atoms with Gasteiger partial charge in [-0.3, -0.25) is 0 Å². The molecule has 0 saturated carbocycles. The van der Waals surface area contributed by atoms with E-state index in [1.165, 1.54) is 19.3 Å². The maximum absolute atomic E-state index is 6.12. The number of halogens is 2. The molecule has 0 nitrogen and oxygen atoms in total. The van der Waals surface area contributed by atoms with Gasteiger partial charge >= 0.3 is 0 Å². The summed E-state index contributed by atoms with van der Waals surface area (Å²) in [7, 11) is 0. The molecule has 1 aromatic rings. The number of benzene rings is 1. The summed E-state index contributed by atoms with van der Waals surface area (Å²) in [4.78, 5) is 0. The lowest BCUT2D eigenvalue weighted by atomic mass is 10.1. The second kappa shape index (κ2) is 6.92. The summed E-state index contributed by atoms with van der Waals surface area (Å²) in [6.45, 7) is 2.19. The third-order valence-corrected chi connectivity index (χ3v) is 2.76. The van der Waals surface area contributed by atoms with Crippen LogP contribution in [0.4, 0.5) is 0 Å². The molecule has 0 fully saturated rings. The Morgan fingerprint density at radius 3 is 2.47 bits per heavy atom. The zero-order valence-corrected chi connectivity index (χ0v) is 10.5. The van der Waals surface area contributed by atoms with E-state index in [2.05, 4.69) is 6.92 Å². The fourth-order valence-corrected chi connectivity index (χ4v) is 1.74. The molecule has 0 bridgehead atoms. The van der Waals surface area contributed by atoms with Crippen LogP contribution in [0.1, 0.15) is 38.2 Å². The first kappa shape index (κ1) is 12.6. The highest BCUT2D eigenvalue weighted by molar-refractivity contribution is 6.31. The smallest absolute Gasteiger partial charge is 0.0406 e. The van der Waals surface area contributed by atoms with E-state index >= 15 is 0 Å². The average Bonchev–Trinajstić information content (AvgIpc) is 2.22. The van der Waals surface area contributed by atoms with Gasteiger partial charge < -0.3 is 0 Å². The van der Waals surface area contributed by atoms with Crippen molar-refractivity contribution in [1.29, 1.82) is 0 Å². The van der Waals surface area contributed by atoms with Gasteiger partial charge in [0.2, 0.25) is 0 Å². The van der Waals surface area contributed by atoms with E-state index < -0.39 is 0 Å². The molecule has 0 aromatic heterocycles. The van der Waals surface area contributed by atoms with Gasteiger partial charge in [0.15, 0.2) is 0 Å². The molecule has 0 saturated heterocycles. The van der Waals surface area contributed by atoms with E-state index in [4.69, 9.17) is 23.2 Å². The predicted molar refractivity (Wildman–Crippen MR) is 69.4 cm³/mol. The molecule has 1 rings (SSSR count). The number of hydrogen-bond acceptors (Lipinski definition) is 0. The molecule has 0 aliphatic heterocycles. The van der Waals surface area contributed by atoms with Crippen molar-refractivity contribution in [2.75, 3.05) is 0 Å². The van der Waals surface area contributed by atoms with Gasteiger partial charge in [0.25, 0.3) is 0 Å². The van der Waals surface area contributed by atoms with Gasteiger partial charge in [-0.2, -0.15) is 0 Å². The minimum absolute atomic E-state index is 0.759. The molecule has 0 N–H and O–H groups in total. The topological polar surface area (TPSA) is 0 Å². The van der Waals surface area contributed by atoms with Crippen LogP contribution < -0.4 is 0 Å². The molecule has 0 radical (unpaired) electrons.